The van der Waals surface area contributed by atoms with Gasteiger partial charge in [0.25, 0.3) is 0 Å². The molecule has 6 nitrogen and oxygen atoms in total. The maximum atomic E-state index is 11.5. The number of hydrogen-bond acceptors (Lipinski definition) is 3. The fourth-order valence-corrected chi connectivity index (χ4v) is 1.59. The normalized spacial score (nSPS) is 13.6. The third-order valence-corrected chi connectivity index (χ3v) is 2.84. The summed E-state index contributed by atoms with van der Waals surface area (Å²) in [6.07, 6.45) is 2.73. The smallest absolute Gasteiger partial charge is 0.315 e. The molecule has 2 amide bonds. The zero-order valence-electron chi connectivity index (χ0n) is 11.2. The molecule has 0 fully saturated rings. The third-order valence-electron chi connectivity index (χ3n) is 2.84. The minimum Gasteiger partial charge on any atom is -0.481 e. The number of aliphatic carboxylic acids is 1. The van der Waals surface area contributed by atoms with Crippen molar-refractivity contribution in [1.29, 1.82) is 0 Å². The van der Waals surface area contributed by atoms with E-state index in [4.69, 9.17) is 9.52 Å². The van der Waals surface area contributed by atoms with E-state index in [1.807, 2.05) is 6.92 Å². The highest BCUT2D eigenvalue weighted by Crippen LogP contribution is 2.11. The van der Waals surface area contributed by atoms with Crippen molar-refractivity contribution in [3.8, 4) is 0 Å². The molecule has 0 aliphatic heterocycles. The molecule has 0 spiro atoms. The number of rotatable bonds is 7. The van der Waals surface area contributed by atoms with E-state index < -0.39 is 5.97 Å². The van der Waals surface area contributed by atoms with Crippen molar-refractivity contribution < 1.29 is 19.1 Å². The molecule has 0 aliphatic rings. The molecule has 0 saturated heterocycles. The second-order valence-corrected chi connectivity index (χ2v) is 4.52. The lowest BCUT2D eigenvalue weighted by atomic mass is 10.1. The van der Waals surface area contributed by atoms with E-state index in [0.29, 0.717) is 25.1 Å². The topological polar surface area (TPSA) is 91.6 Å². The van der Waals surface area contributed by atoms with Gasteiger partial charge in [-0.15, -0.1) is 0 Å². The minimum absolute atomic E-state index is 0.201. The molecule has 0 radical (unpaired) electrons. The van der Waals surface area contributed by atoms with Gasteiger partial charge in [0.2, 0.25) is 0 Å². The van der Waals surface area contributed by atoms with Crippen molar-refractivity contribution in [1.82, 2.24) is 10.6 Å². The number of carbonyl (C=O) groups is 2. The molecule has 6 heteroatoms. The standard InChI is InChI=1S/C13H20N2O4/c1-9(12(16)17)5-3-7-14-13(18)15-10(2)11-6-4-8-19-11/h4,6,8-10H,3,5,7H2,1-2H3,(H,16,17)(H2,14,15,18). The van der Waals surface area contributed by atoms with Crippen molar-refractivity contribution in [2.45, 2.75) is 32.7 Å². The highest BCUT2D eigenvalue weighted by atomic mass is 16.4. The van der Waals surface area contributed by atoms with E-state index in [-0.39, 0.29) is 18.0 Å². The second kappa shape index (κ2) is 7.45. The molecule has 2 atom stereocenters. The van der Waals surface area contributed by atoms with Crippen LogP contribution < -0.4 is 10.6 Å². The van der Waals surface area contributed by atoms with Gasteiger partial charge in [-0.05, 0) is 31.9 Å². The van der Waals surface area contributed by atoms with E-state index >= 15 is 0 Å². The lowest BCUT2D eigenvalue weighted by Gasteiger charge is -2.12. The van der Waals surface area contributed by atoms with Gasteiger partial charge >= 0.3 is 12.0 Å². The fourth-order valence-electron chi connectivity index (χ4n) is 1.59. The Morgan fingerprint density at radius 1 is 1.42 bits per heavy atom. The molecule has 1 aromatic heterocycles. The summed E-state index contributed by atoms with van der Waals surface area (Å²) in [4.78, 5) is 22.1. The Kier molecular flexibility index (Phi) is 5.92. The van der Waals surface area contributed by atoms with Crippen LogP contribution in [0.15, 0.2) is 22.8 Å². The first-order chi connectivity index (χ1) is 9.00. The Labute approximate surface area is 112 Å². The molecule has 0 saturated carbocycles. The van der Waals surface area contributed by atoms with Gasteiger partial charge in [0, 0.05) is 6.54 Å². The summed E-state index contributed by atoms with van der Waals surface area (Å²) < 4.78 is 5.17. The number of carboxylic acids is 1. The number of hydrogen-bond donors (Lipinski definition) is 3. The molecule has 1 heterocycles. The van der Waals surface area contributed by atoms with Crippen LogP contribution in [0.3, 0.4) is 0 Å². The number of carboxylic acid groups (broad SMARTS) is 1. The average Bonchev–Trinajstić information content (AvgIpc) is 2.87. The van der Waals surface area contributed by atoms with Gasteiger partial charge in [0.15, 0.2) is 0 Å². The van der Waals surface area contributed by atoms with Crippen LogP contribution in [0.5, 0.6) is 0 Å². The molecule has 2 unspecified atom stereocenters. The largest absolute Gasteiger partial charge is 0.481 e. The van der Waals surface area contributed by atoms with Gasteiger partial charge in [-0.25, -0.2) is 4.79 Å². The average molecular weight is 268 g/mol. The van der Waals surface area contributed by atoms with Crippen molar-refractivity contribution >= 4 is 12.0 Å². The van der Waals surface area contributed by atoms with E-state index in [1.165, 1.54) is 0 Å². The lowest BCUT2D eigenvalue weighted by molar-refractivity contribution is -0.141. The van der Waals surface area contributed by atoms with E-state index in [1.54, 1.807) is 25.3 Å². The summed E-state index contributed by atoms with van der Waals surface area (Å²) in [5.41, 5.74) is 0. The maximum absolute atomic E-state index is 11.5. The molecule has 3 N–H and O–H groups in total. The molecule has 0 aromatic carbocycles. The van der Waals surface area contributed by atoms with Crippen LogP contribution in [0, 0.1) is 5.92 Å². The van der Waals surface area contributed by atoms with Crippen LogP contribution in [0.2, 0.25) is 0 Å². The van der Waals surface area contributed by atoms with Crippen molar-refractivity contribution in [2.24, 2.45) is 5.92 Å². The van der Waals surface area contributed by atoms with Gasteiger partial charge in [-0.3, -0.25) is 4.79 Å². The third kappa shape index (κ3) is 5.46. The van der Waals surface area contributed by atoms with Crippen LogP contribution >= 0.6 is 0 Å². The van der Waals surface area contributed by atoms with Gasteiger partial charge in [0.05, 0.1) is 18.2 Å². The predicted octanol–water partition coefficient (Wildman–Crippen LogP) is 2.14. The number of urea groups is 1. The Morgan fingerprint density at radius 3 is 2.74 bits per heavy atom. The molecule has 106 valence electrons. The first-order valence-electron chi connectivity index (χ1n) is 6.31. The number of amides is 2. The summed E-state index contributed by atoms with van der Waals surface area (Å²) in [5.74, 6) is -0.502. The minimum atomic E-state index is -0.809. The summed E-state index contributed by atoms with van der Waals surface area (Å²) in [6.45, 7) is 3.93. The predicted molar refractivity (Wildman–Crippen MR) is 69.7 cm³/mol. The van der Waals surface area contributed by atoms with E-state index in [9.17, 15) is 9.59 Å². The van der Waals surface area contributed by atoms with E-state index in [2.05, 4.69) is 10.6 Å². The highest BCUT2D eigenvalue weighted by molar-refractivity contribution is 5.74. The number of nitrogens with one attached hydrogen (secondary N) is 2. The van der Waals surface area contributed by atoms with Crippen LogP contribution in [-0.2, 0) is 4.79 Å². The molecule has 0 bridgehead atoms. The number of furan rings is 1. The first-order valence-corrected chi connectivity index (χ1v) is 6.31. The van der Waals surface area contributed by atoms with Crippen LogP contribution in [0.4, 0.5) is 4.79 Å². The molecule has 1 rings (SSSR count). The van der Waals surface area contributed by atoms with Crippen molar-refractivity contribution in [3.05, 3.63) is 24.2 Å². The number of carbonyl (C=O) groups excluding carboxylic acids is 1. The van der Waals surface area contributed by atoms with Crippen LogP contribution in [0.25, 0.3) is 0 Å². The zero-order valence-corrected chi connectivity index (χ0v) is 11.2. The van der Waals surface area contributed by atoms with Crippen LogP contribution in [0.1, 0.15) is 38.5 Å². The zero-order chi connectivity index (χ0) is 14.3. The highest BCUT2D eigenvalue weighted by Gasteiger charge is 2.12. The van der Waals surface area contributed by atoms with Crippen molar-refractivity contribution in [2.75, 3.05) is 6.54 Å². The fraction of sp³-hybridized carbons (Fsp3) is 0.538. The maximum Gasteiger partial charge on any atom is 0.315 e. The van der Waals surface area contributed by atoms with E-state index in [0.717, 1.165) is 0 Å². The summed E-state index contributed by atoms with van der Waals surface area (Å²) >= 11 is 0. The Hall–Kier alpha value is -1.98. The van der Waals surface area contributed by atoms with Gasteiger partial charge < -0.3 is 20.2 Å². The molecule has 1 aromatic rings. The van der Waals surface area contributed by atoms with Crippen molar-refractivity contribution in [3.63, 3.8) is 0 Å². The molecule has 19 heavy (non-hydrogen) atoms. The summed E-state index contributed by atoms with van der Waals surface area (Å²) in [5, 5.41) is 14.1. The first kappa shape index (κ1) is 15.1. The quantitative estimate of drug-likeness (QED) is 0.661. The molecule has 0 aliphatic carbocycles. The Bertz CT molecular complexity index is 403. The molecular formula is C13H20N2O4. The van der Waals surface area contributed by atoms with Gasteiger partial charge in [0.1, 0.15) is 5.76 Å². The molecular weight excluding hydrogens is 248 g/mol. The second-order valence-electron chi connectivity index (χ2n) is 4.52. The van der Waals surface area contributed by atoms with Gasteiger partial charge in [-0.1, -0.05) is 6.92 Å². The summed E-state index contributed by atoms with van der Waals surface area (Å²) in [7, 11) is 0. The summed E-state index contributed by atoms with van der Waals surface area (Å²) in [6, 6.07) is 3.07. The van der Waals surface area contributed by atoms with Crippen LogP contribution in [-0.4, -0.2) is 23.7 Å². The Balaban J connectivity index is 2.16. The Morgan fingerprint density at radius 2 is 2.16 bits per heavy atom. The van der Waals surface area contributed by atoms with Gasteiger partial charge in [-0.2, -0.15) is 0 Å². The monoisotopic (exact) mass is 268 g/mol. The SMILES string of the molecule is CC(CCCNC(=O)NC(C)c1ccco1)C(=O)O. The lowest BCUT2D eigenvalue weighted by Crippen LogP contribution is -2.37.